The number of rotatable bonds is 4. The van der Waals surface area contributed by atoms with Gasteiger partial charge in [0.25, 0.3) is 0 Å². The highest BCUT2D eigenvalue weighted by Crippen LogP contribution is 2.32. The second kappa shape index (κ2) is 7.44. The molecule has 1 atom stereocenters. The van der Waals surface area contributed by atoms with Gasteiger partial charge in [0.05, 0.1) is 25.4 Å². The molecule has 0 saturated heterocycles. The predicted molar refractivity (Wildman–Crippen MR) is 95.1 cm³/mol. The van der Waals surface area contributed by atoms with Crippen molar-refractivity contribution in [3.63, 3.8) is 0 Å². The maximum Gasteiger partial charge on any atom is 0.320 e. The van der Waals surface area contributed by atoms with Gasteiger partial charge >= 0.3 is 6.03 Å². The maximum atomic E-state index is 12.4. The lowest BCUT2D eigenvalue weighted by Crippen LogP contribution is -2.48. The fourth-order valence-electron chi connectivity index (χ4n) is 2.66. The minimum Gasteiger partial charge on any atom is -0.490 e. The van der Waals surface area contributed by atoms with Crippen LogP contribution in [0.15, 0.2) is 48.5 Å². The SMILES string of the molecule is C[C@@](CO)(NC(=O)Nc1ccc2c(c1)OCCCO2)c1ccccc1. The lowest BCUT2D eigenvalue weighted by molar-refractivity contribution is 0.176. The van der Waals surface area contributed by atoms with Crippen molar-refractivity contribution in [3.05, 3.63) is 54.1 Å². The number of aliphatic hydroxyl groups excluding tert-OH is 1. The first-order chi connectivity index (χ1) is 12.1. The van der Waals surface area contributed by atoms with Crippen molar-refractivity contribution in [3.8, 4) is 11.5 Å². The number of aliphatic hydroxyl groups is 1. The van der Waals surface area contributed by atoms with E-state index in [-0.39, 0.29) is 6.61 Å². The molecule has 0 aliphatic carbocycles. The van der Waals surface area contributed by atoms with Gasteiger partial charge in [-0.2, -0.15) is 0 Å². The summed E-state index contributed by atoms with van der Waals surface area (Å²) in [5.41, 5.74) is 0.540. The molecule has 0 saturated carbocycles. The third-order valence-corrected chi connectivity index (χ3v) is 4.12. The summed E-state index contributed by atoms with van der Waals surface area (Å²) in [5, 5.41) is 15.4. The van der Waals surface area contributed by atoms with Gasteiger partial charge in [-0.25, -0.2) is 4.79 Å². The second-order valence-corrected chi connectivity index (χ2v) is 6.15. The molecule has 0 aromatic heterocycles. The number of fused-ring (bicyclic) bond motifs is 1. The van der Waals surface area contributed by atoms with Gasteiger partial charge < -0.3 is 25.2 Å². The number of anilines is 1. The third kappa shape index (κ3) is 4.03. The lowest BCUT2D eigenvalue weighted by atomic mass is 9.93. The van der Waals surface area contributed by atoms with Crippen LogP contribution in [0.3, 0.4) is 0 Å². The average molecular weight is 342 g/mol. The van der Waals surface area contributed by atoms with Crippen molar-refractivity contribution in [1.82, 2.24) is 5.32 Å². The van der Waals surface area contributed by atoms with Gasteiger partial charge in [-0.15, -0.1) is 0 Å². The zero-order chi connectivity index (χ0) is 17.7. The molecule has 6 heteroatoms. The number of carbonyl (C=O) groups is 1. The molecule has 0 fully saturated rings. The van der Waals surface area contributed by atoms with Gasteiger partial charge in [0.2, 0.25) is 0 Å². The van der Waals surface area contributed by atoms with Crippen molar-refractivity contribution in [2.24, 2.45) is 0 Å². The molecule has 1 aliphatic heterocycles. The molecule has 2 aromatic carbocycles. The summed E-state index contributed by atoms with van der Waals surface area (Å²) in [6, 6.07) is 14.2. The lowest BCUT2D eigenvalue weighted by Gasteiger charge is -2.29. The number of urea groups is 1. The fourth-order valence-corrected chi connectivity index (χ4v) is 2.66. The number of amides is 2. The van der Waals surface area contributed by atoms with Gasteiger partial charge in [0, 0.05) is 18.2 Å². The van der Waals surface area contributed by atoms with Gasteiger partial charge in [0.1, 0.15) is 0 Å². The Balaban J connectivity index is 1.71. The van der Waals surface area contributed by atoms with Crippen molar-refractivity contribution in [2.75, 3.05) is 25.1 Å². The van der Waals surface area contributed by atoms with E-state index in [9.17, 15) is 9.90 Å². The molecule has 0 bridgehead atoms. The van der Waals surface area contributed by atoms with Crippen LogP contribution in [-0.4, -0.2) is 31.0 Å². The minimum atomic E-state index is -0.878. The third-order valence-electron chi connectivity index (χ3n) is 4.12. The zero-order valence-corrected chi connectivity index (χ0v) is 14.1. The summed E-state index contributed by atoms with van der Waals surface area (Å²) >= 11 is 0. The van der Waals surface area contributed by atoms with E-state index < -0.39 is 11.6 Å². The molecule has 132 valence electrons. The molecule has 0 unspecified atom stereocenters. The second-order valence-electron chi connectivity index (χ2n) is 6.15. The molecule has 25 heavy (non-hydrogen) atoms. The van der Waals surface area contributed by atoms with Gasteiger partial charge in [-0.3, -0.25) is 0 Å². The summed E-state index contributed by atoms with van der Waals surface area (Å²) in [5.74, 6) is 1.29. The van der Waals surface area contributed by atoms with E-state index in [1.807, 2.05) is 30.3 Å². The Morgan fingerprint density at radius 2 is 1.84 bits per heavy atom. The monoisotopic (exact) mass is 342 g/mol. The largest absolute Gasteiger partial charge is 0.490 e. The smallest absolute Gasteiger partial charge is 0.320 e. The number of carbonyl (C=O) groups excluding carboxylic acids is 1. The Kier molecular flexibility index (Phi) is 5.09. The fraction of sp³-hybridized carbons (Fsp3) is 0.316. The van der Waals surface area contributed by atoms with Gasteiger partial charge in [-0.1, -0.05) is 30.3 Å². The van der Waals surface area contributed by atoms with Crippen molar-refractivity contribution in [1.29, 1.82) is 0 Å². The Morgan fingerprint density at radius 1 is 1.12 bits per heavy atom. The van der Waals surface area contributed by atoms with Gasteiger partial charge in [0.15, 0.2) is 11.5 Å². The number of hydrogen-bond acceptors (Lipinski definition) is 4. The molecule has 3 N–H and O–H groups in total. The summed E-state index contributed by atoms with van der Waals surface area (Å²) in [4.78, 5) is 12.4. The zero-order valence-electron chi connectivity index (χ0n) is 14.1. The van der Waals surface area contributed by atoms with E-state index >= 15 is 0 Å². The van der Waals surface area contributed by atoms with Crippen molar-refractivity contribution < 1.29 is 19.4 Å². The van der Waals surface area contributed by atoms with Crippen LogP contribution in [0.4, 0.5) is 10.5 Å². The average Bonchev–Trinajstić information content (AvgIpc) is 2.87. The van der Waals surface area contributed by atoms with E-state index in [2.05, 4.69) is 10.6 Å². The molecule has 3 rings (SSSR count). The van der Waals surface area contributed by atoms with Crippen molar-refractivity contribution in [2.45, 2.75) is 18.9 Å². The number of benzene rings is 2. The summed E-state index contributed by atoms with van der Waals surface area (Å²) in [6.45, 7) is 2.76. The Labute approximate surface area is 146 Å². The van der Waals surface area contributed by atoms with Crippen LogP contribution in [0.1, 0.15) is 18.9 Å². The number of ether oxygens (including phenoxy) is 2. The van der Waals surface area contributed by atoms with E-state index in [4.69, 9.17) is 9.47 Å². The highest BCUT2D eigenvalue weighted by atomic mass is 16.5. The summed E-state index contributed by atoms with van der Waals surface area (Å²) in [6.07, 6.45) is 0.823. The quantitative estimate of drug-likeness (QED) is 0.798. The van der Waals surface area contributed by atoms with Crippen LogP contribution in [0.25, 0.3) is 0 Å². The molecule has 6 nitrogen and oxygen atoms in total. The van der Waals surface area contributed by atoms with Crippen LogP contribution in [0.2, 0.25) is 0 Å². The van der Waals surface area contributed by atoms with E-state index in [1.165, 1.54) is 0 Å². The maximum absolute atomic E-state index is 12.4. The summed E-state index contributed by atoms with van der Waals surface area (Å²) in [7, 11) is 0. The standard InChI is InChI=1S/C19H22N2O4/c1-19(13-22,14-6-3-2-4-7-14)21-18(23)20-15-8-9-16-17(12-15)25-11-5-10-24-16/h2-4,6-9,12,22H,5,10-11,13H2,1H3,(H2,20,21,23)/t19-/m0/s1. The topological polar surface area (TPSA) is 79.8 Å². The molecule has 2 aromatic rings. The van der Waals surface area contributed by atoms with Crippen LogP contribution >= 0.6 is 0 Å². The minimum absolute atomic E-state index is 0.217. The Hall–Kier alpha value is -2.73. The van der Waals surface area contributed by atoms with Crippen LogP contribution in [0, 0.1) is 0 Å². The predicted octanol–water partition coefficient (Wildman–Crippen LogP) is 2.88. The molecule has 1 aliphatic rings. The first-order valence-electron chi connectivity index (χ1n) is 8.26. The van der Waals surface area contributed by atoms with E-state index in [1.54, 1.807) is 25.1 Å². The molecule has 2 amide bonds. The van der Waals surface area contributed by atoms with Gasteiger partial charge in [-0.05, 0) is 24.6 Å². The molecule has 0 radical (unpaired) electrons. The molecular weight excluding hydrogens is 320 g/mol. The highest BCUT2D eigenvalue weighted by molar-refractivity contribution is 5.90. The Morgan fingerprint density at radius 3 is 2.56 bits per heavy atom. The van der Waals surface area contributed by atoms with Crippen molar-refractivity contribution >= 4 is 11.7 Å². The van der Waals surface area contributed by atoms with Crippen LogP contribution in [0.5, 0.6) is 11.5 Å². The highest BCUT2D eigenvalue weighted by Gasteiger charge is 2.27. The first-order valence-corrected chi connectivity index (χ1v) is 8.26. The Bertz CT molecular complexity index is 735. The normalized spacial score (nSPS) is 15.6. The first kappa shape index (κ1) is 17.1. The molecule has 0 spiro atoms. The number of nitrogens with one attached hydrogen (secondary N) is 2. The van der Waals surface area contributed by atoms with E-state index in [0.29, 0.717) is 30.4 Å². The number of hydrogen-bond donors (Lipinski definition) is 3. The molecular formula is C19H22N2O4. The molecule has 1 heterocycles. The summed E-state index contributed by atoms with van der Waals surface area (Å²) < 4.78 is 11.2. The van der Waals surface area contributed by atoms with Crippen LogP contribution < -0.4 is 20.1 Å². The van der Waals surface area contributed by atoms with E-state index in [0.717, 1.165) is 12.0 Å². The van der Waals surface area contributed by atoms with Crippen LogP contribution in [-0.2, 0) is 5.54 Å².